The lowest BCUT2D eigenvalue weighted by molar-refractivity contribution is -0.115. The molecule has 76 valence electrons. The van der Waals surface area contributed by atoms with Crippen LogP contribution in [0.1, 0.15) is 5.56 Å². The second kappa shape index (κ2) is 3.86. The number of rotatable bonds is 1. The number of thioether (sulfide) groups is 1. The molecule has 0 bridgehead atoms. The van der Waals surface area contributed by atoms with E-state index in [9.17, 15) is 9.18 Å². The van der Waals surface area contributed by atoms with Gasteiger partial charge in [-0.15, -0.1) is 0 Å². The maximum Gasteiger partial charge on any atom is 0.264 e. The first-order valence-electron chi connectivity index (χ1n) is 4.20. The number of carbonyl (C=O) groups is 1. The van der Waals surface area contributed by atoms with Crippen LogP contribution in [0.15, 0.2) is 29.2 Å². The average molecular weight is 222 g/mol. The highest BCUT2D eigenvalue weighted by Gasteiger charge is 2.21. The van der Waals surface area contributed by atoms with Crippen molar-refractivity contribution in [1.82, 2.24) is 5.32 Å². The Labute approximate surface area is 89.9 Å². The minimum Gasteiger partial charge on any atom is -0.301 e. The lowest BCUT2D eigenvalue weighted by atomic mass is 10.2. The Kier molecular flexibility index (Phi) is 2.55. The molecule has 1 heterocycles. The SMILES string of the molecule is N=C1NC(=O)C(=Cc2cccc(F)c2)S1. The van der Waals surface area contributed by atoms with Crippen LogP contribution in [0, 0.1) is 11.2 Å². The van der Waals surface area contributed by atoms with Gasteiger partial charge in [-0.05, 0) is 35.5 Å². The molecule has 1 fully saturated rings. The van der Waals surface area contributed by atoms with Crippen LogP contribution in [0.3, 0.4) is 0 Å². The molecule has 1 aliphatic heterocycles. The Morgan fingerprint density at radius 2 is 2.27 bits per heavy atom. The van der Waals surface area contributed by atoms with Gasteiger partial charge >= 0.3 is 0 Å². The Morgan fingerprint density at radius 3 is 2.87 bits per heavy atom. The lowest BCUT2D eigenvalue weighted by Gasteiger charge is -1.94. The van der Waals surface area contributed by atoms with Crippen LogP contribution in [0.2, 0.25) is 0 Å². The Morgan fingerprint density at radius 1 is 1.47 bits per heavy atom. The van der Waals surface area contributed by atoms with E-state index in [4.69, 9.17) is 5.41 Å². The van der Waals surface area contributed by atoms with Gasteiger partial charge in [-0.2, -0.15) is 0 Å². The Balaban J connectivity index is 2.31. The fourth-order valence-corrected chi connectivity index (χ4v) is 1.89. The summed E-state index contributed by atoms with van der Waals surface area (Å²) in [6.45, 7) is 0. The largest absolute Gasteiger partial charge is 0.301 e. The summed E-state index contributed by atoms with van der Waals surface area (Å²) in [4.78, 5) is 11.6. The third-order valence-corrected chi connectivity index (χ3v) is 2.64. The third-order valence-electron chi connectivity index (χ3n) is 1.81. The van der Waals surface area contributed by atoms with Crippen molar-refractivity contribution in [2.75, 3.05) is 0 Å². The van der Waals surface area contributed by atoms with Crippen molar-refractivity contribution < 1.29 is 9.18 Å². The fraction of sp³-hybridized carbons (Fsp3) is 0. The van der Waals surface area contributed by atoms with E-state index in [0.29, 0.717) is 10.5 Å². The second-order valence-electron chi connectivity index (χ2n) is 2.95. The first-order chi connectivity index (χ1) is 7.15. The summed E-state index contributed by atoms with van der Waals surface area (Å²) in [6.07, 6.45) is 1.56. The molecule has 0 atom stereocenters. The van der Waals surface area contributed by atoms with Gasteiger partial charge in [-0.1, -0.05) is 12.1 Å². The quantitative estimate of drug-likeness (QED) is 0.714. The van der Waals surface area contributed by atoms with Crippen LogP contribution in [0.25, 0.3) is 6.08 Å². The maximum absolute atomic E-state index is 12.8. The predicted molar refractivity (Wildman–Crippen MR) is 57.8 cm³/mol. The van der Waals surface area contributed by atoms with E-state index in [-0.39, 0.29) is 16.9 Å². The minimum absolute atomic E-state index is 0.0997. The summed E-state index contributed by atoms with van der Waals surface area (Å²) in [5.41, 5.74) is 0.613. The number of halogens is 1. The maximum atomic E-state index is 12.8. The molecule has 2 rings (SSSR count). The van der Waals surface area contributed by atoms with Crippen molar-refractivity contribution in [3.05, 3.63) is 40.6 Å². The van der Waals surface area contributed by atoms with Crippen molar-refractivity contribution >= 4 is 28.9 Å². The van der Waals surface area contributed by atoms with E-state index in [1.807, 2.05) is 0 Å². The topological polar surface area (TPSA) is 53.0 Å². The lowest BCUT2D eigenvalue weighted by Crippen LogP contribution is -2.18. The van der Waals surface area contributed by atoms with Crippen molar-refractivity contribution in [1.29, 1.82) is 5.41 Å². The molecule has 1 aliphatic rings. The molecule has 2 N–H and O–H groups in total. The summed E-state index contributed by atoms with van der Waals surface area (Å²) < 4.78 is 12.8. The molecule has 3 nitrogen and oxygen atoms in total. The van der Waals surface area contributed by atoms with Gasteiger partial charge in [-0.25, -0.2) is 4.39 Å². The summed E-state index contributed by atoms with van der Waals surface area (Å²) in [7, 11) is 0. The highest BCUT2D eigenvalue weighted by Crippen LogP contribution is 2.24. The molecule has 1 saturated heterocycles. The summed E-state index contributed by atoms with van der Waals surface area (Å²) in [6, 6.07) is 5.95. The van der Waals surface area contributed by atoms with Crippen LogP contribution in [-0.2, 0) is 4.79 Å². The molecule has 0 aliphatic carbocycles. The number of benzene rings is 1. The molecule has 1 aromatic rings. The number of hydrogen-bond donors (Lipinski definition) is 2. The van der Waals surface area contributed by atoms with Crippen LogP contribution in [-0.4, -0.2) is 11.1 Å². The summed E-state index contributed by atoms with van der Waals surface area (Å²) in [5, 5.41) is 9.68. The molecule has 1 aromatic carbocycles. The zero-order valence-electron chi connectivity index (χ0n) is 7.58. The van der Waals surface area contributed by atoms with Gasteiger partial charge in [0.05, 0.1) is 4.91 Å². The van der Waals surface area contributed by atoms with Gasteiger partial charge in [0, 0.05) is 0 Å². The number of amidine groups is 1. The van der Waals surface area contributed by atoms with Gasteiger partial charge in [0.15, 0.2) is 5.17 Å². The number of hydrogen-bond acceptors (Lipinski definition) is 3. The van der Waals surface area contributed by atoms with E-state index in [1.54, 1.807) is 18.2 Å². The molecular weight excluding hydrogens is 215 g/mol. The van der Waals surface area contributed by atoms with Gasteiger partial charge in [-0.3, -0.25) is 10.2 Å². The van der Waals surface area contributed by atoms with Crippen LogP contribution in [0.4, 0.5) is 4.39 Å². The van der Waals surface area contributed by atoms with Crippen molar-refractivity contribution in [3.63, 3.8) is 0 Å². The smallest absolute Gasteiger partial charge is 0.264 e. The van der Waals surface area contributed by atoms with E-state index in [0.717, 1.165) is 11.8 Å². The second-order valence-corrected chi connectivity index (χ2v) is 4.00. The van der Waals surface area contributed by atoms with Gasteiger partial charge in [0.1, 0.15) is 5.82 Å². The molecule has 0 unspecified atom stereocenters. The van der Waals surface area contributed by atoms with Crippen LogP contribution in [0.5, 0.6) is 0 Å². The van der Waals surface area contributed by atoms with Crippen molar-refractivity contribution in [2.45, 2.75) is 0 Å². The molecule has 0 aromatic heterocycles. The molecule has 15 heavy (non-hydrogen) atoms. The van der Waals surface area contributed by atoms with Crippen molar-refractivity contribution in [3.8, 4) is 0 Å². The molecular formula is C10H7FN2OS. The van der Waals surface area contributed by atoms with E-state index in [2.05, 4.69) is 5.32 Å². The molecule has 0 spiro atoms. The summed E-state index contributed by atoms with van der Waals surface area (Å²) >= 11 is 1.04. The standard InChI is InChI=1S/C10H7FN2OS/c11-7-3-1-2-6(4-7)5-8-9(14)13-10(12)15-8/h1-5H,(H2,12,13,14). The monoisotopic (exact) mass is 222 g/mol. The average Bonchev–Trinajstić information content (AvgIpc) is 2.45. The molecule has 1 amide bonds. The van der Waals surface area contributed by atoms with E-state index >= 15 is 0 Å². The molecule has 5 heteroatoms. The first kappa shape index (κ1) is 9.92. The third kappa shape index (κ3) is 2.24. The van der Waals surface area contributed by atoms with E-state index < -0.39 is 0 Å². The normalized spacial score (nSPS) is 18.3. The fourth-order valence-electron chi connectivity index (χ4n) is 1.19. The molecule has 0 radical (unpaired) electrons. The van der Waals surface area contributed by atoms with Gasteiger partial charge in [0.25, 0.3) is 5.91 Å². The van der Waals surface area contributed by atoms with Crippen molar-refractivity contribution in [2.24, 2.45) is 0 Å². The number of nitrogens with one attached hydrogen (secondary N) is 2. The highest BCUT2D eigenvalue weighted by atomic mass is 32.2. The van der Waals surface area contributed by atoms with E-state index in [1.165, 1.54) is 12.1 Å². The van der Waals surface area contributed by atoms with Crippen LogP contribution >= 0.6 is 11.8 Å². The Bertz CT molecular complexity index is 470. The summed E-state index contributed by atoms with van der Waals surface area (Å²) in [5.74, 6) is -0.655. The van der Waals surface area contributed by atoms with Crippen LogP contribution < -0.4 is 5.32 Å². The Hall–Kier alpha value is -1.62. The zero-order chi connectivity index (χ0) is 10.8. The minimum atomic E-state index is -0.345. The predicted octanol–water partition coefficient (Wildman–Crippen LogP) is 1.96. The first-order valence-corrected chi connectivity index (χ1v) is 5.02. The van der Waals surface area contributed by atoms with Gasteiger partial charge < -0.3 is 5.32 Å². The van der Waals surface area contributed by atoms with Gasteiger partial charge in [0.2, 0.25) is 0 Å². The molecule has 0 saturated carbocycles. The highest BCUT2D eigenvalue weighted by molar-refractivity contribution is 8.18. The zero-order valence-corrected chi connectivity index (χ0v) is 8.40. The number of carbonyl (C=O) groups excluding carboxylic acids is 1. The number of amides is 1.